The van der Waals surface area contributed by atoms with Crippen molar-refractivity contribution in [2.45, 2.75) is 13.8 Å². The number of furan rings is 1. The van der Waals surface area contributed by atoms with E-state index < -0.39 is 0 Å². The average molecular weight is 283 g/mol. The Balaban J connectivity index is 2.33. The quantitative estimate of drug-likeness (QED) is 0.579. The van der Waals surface area contributed by atoms with Crippen LogP contribution in [0.3, 0.4) is 0 Å². The van der Waals surface area contributed by atoms with Gasteiger partial charge in [-0.2, -0.15) is 5.10 Å². The number of hydrogen-bond donors (Lipinski definition) is 1. The van der Waals surface area contributed by atoms with E-state index >= 15 is 0 Å². The number of pyridine rings is 1. The second kappa shape index (κ2) is 4.77. The summed E-state index contributed by atoms with van der Waals surface area (Å²) in [5.74, 6) is 0.854. The van der Waals surface area contributed by atoms with Crippen LogP contribution in [-0.4, -0.2) is 35.4 Å². The normalized spacial score (nSPS) is 11.8. The SMILES string of the molecule is Cc1ccc2c(n1)c(O)cc1c(C)c(/C=N/N(C)C)oc12. The maximum atomic E-state index is 10.2. The van der Waals surface area contributed by atoms with E-state index in [0.29, 0.717) is 11.3 Å². The first-order valence-corrected chi connectivity index (χ1v) is 6.71. The Morgan fingerprint density at radius 1 is 1.24 bits per heavy atom. The topological polar surface area (TPSA) is 61.9 Å². The summed E-state index contributed by atoms with van der Waals surface area (Å²) in [6, 6.07) is 5.54. The van der Waals surface area contributed by atoms with Gasteiger partial charge in [0, 0.05) is 36.1 Å². The maximum absolute atomic E-state index is 10.2. The van der Waals surface area contributed by atoms with Crippen molar-refractivity contribution in [2.24, 2.45) is 5.10 Å². The Hall–Kier alpha value is -2.56. The maximum Gasteiger partial charge on any atom is 0.151 e. The van der Waals surface area contributed by atoms with E-state index in [9.17, 15) is 5.11 Å². The lowest BCUT2D eigenvalue weighted by molar-refractivity contribution is 0.438. The van der Waals surface area contributed by atoms with Crippen LogP contribution in [0.2, 0.25) is 0 Å². The number of aromatic nitrogens is 1. The molecule has 21 heavy (non-hydrogen) atoms. The molecule has 1 N–H and O–H groups in total. The molecule has 2 aromatic heterocycles. The van der Waals surface area contributed by atoms with E-state index in [4.69, 9.17) is 4.42 Å². The Morgan fingerprint density at radius 3 is 2.71 bits per heavy atom. The fourth-order valence-electron chi connectivity index (χ4n) is 2.35. The van der Waals surface area contributed by atoms with Crippen LogP contribution in [0, 0.1) is 13.8 Å². The minimum absolute atomic E-state index is 0.168. The standard InChI is InChI=1S/C16H17N3O2/c1-9-5-6-11-15(18-9)13(20)7-12-10(2)14(21-16(11)12)8-17-19(3)4/h5-8,20H,1-4H3/b17-8+. The Labute approximate surface area is 122 Å². The number of aryl methyl sites for hydroxylation is 2. The van der Waals surface area contributed by atoms with Gasteiger partial charge in [0.25, 0.3) is 0 Å². The van der Waals surface area contributed by atoms with Crippen molar-refractivity contribution in [3.05, 3.63) is 35.2 Å². The summed E-state index contributed by atoms with van der Waals surface area (Å²) in [5.41, 5.74) is 3.10. The minimum atomic E-state index is 0.168. The van der Waals surface area contributed by atoms with Gasteiger partial charge in [-0.1, -0.05) is 0 Å². The van der Waals surface area contributed by atoms with E-state index in [0.717, 1.165) is 27.6 Å². The van der Waals surface area contributed by atoms with Crippen molar-refractivity contribution in [3.8, 4) is 5.75 Å². The molecule has 5 heteroatoms. The highest BCUT2D eigenvalue weighted by molar-refractivity contribution is 6.08. The average Bonchev–Trinajstić information content (AvgIpc) is 2.74. The third-order valence-electron chi connectivity index (χ3n) is 3.44. The van der Waals surface area contributed by atoms with E-state index in [2.05, 4.69) is 10.1 Å². The highest BCUT2D eigenvalue weighted by Crippen LogP contribution is 2.35. The van der Waals surface area contributed by atoms with Crippen LogP contribution in [0.4, 0.5) is 0 Å². The molecule has 0 atom stereocenters. The zero-order valence-electron chi connectivity index (χ0n) is 12.5. The molecule has 0 saturated carbocycles. The number of fused-ring (bicyclic) bond motifs is 3. The van der Waals surface area contributed by atoms with E-state index in [1.165, 1.54) is 0 Å². The number of aromatic hydroxyl groups is 1. The van der Waals surface area contributed by atoms with Crippen molar-refractivity contribution in [3.63, 3.8) is 0 Å². The number of benzene rings is 1. The Kier molecular flexibility index (Phi) is 3.05. The van der Waals surface area contributed by atoms with Gasteiger partial charge < -0.3 is 14.5 Å². The van der Waals surface area contributed by atoms with Gasteiger partial charge in [-0.3, -0.25) is 0 Å². The van der Waals surface area contributed by atoms with Gasteiger partial charge in [0.05, 0.1) is 6.21 Å². The number of hydrogen-bond acceptors (Lipinski definition) is 5. The lowest BCUT2D eigenvalue weighted by Gasteiger charge is -2.02. The number of hydrazone groups is 1. The van der Waals surface area contributed by atoms with Crippen LogP contribution >= 0.6 is 0 Å². The molecule has 0 aliphatic carbocycles. The summed E-state index contributed by atoms with van der Waals surface area (Å²) < 4.78 is 5.93. The molecular weight excluding hydrogens is 266 g/mol. The molecule has 1 aromatic carbocycles. The molecular formula is C16H17N3O2. The predicted molar refractivity (Wildman–Crippen MR) is 83.9 cm³/mol. The molecule has 0 aliphatic heterocycles. The van der Waals surface area contributed by atoms with Crippen LogP contribution in [0.25, 0.3) is 21.9 Å². The van der Waals surface area contributed by atoms with E-state index in [-0.39, 0.29) is 5.75 Å². The second-order valence-electron chi connectivity index (χ2n) is 5.30. The molecule has 3 rings (SSSR count). The third-order valence-corrected chi connectivity index (χ3v) is 3.44. The monoisotopic (exact) mass is 283 g/mol. The molecule has 3 aromatic rings. The second-order valence-corrected chi connectivity index (χ2v) is 5.30. The number of rotatable bonds is 2. The van der Waals surface area contributed by atoms with Crippen LogP contribution < -0.4 is 0 Å². The molecule has 0 spiro atoms. The molecule has 0 aliphatic rings. The minimum Gasteiger partial charge on any atom is -0.506 e. The zero-order valence-corrected chi connectivity index (χ0v) is 12.5. The lowest BCUT2D eigenvalue weighted by Crippen LogP contribution is -2.01. The molecule has 108 valence electrons. The summed E-state index contributed by atoms with van der Waals surface area (Å²) >= 11 is 0. The van der Waals surface area contributed by atoms with Gasteiger partial charge >= 0.3 is 0 Å². The first-order chi connectivity index (χ1) is 9.97. The van der Waals surface area contributed by atoms with E-state index in [1.807, 2.05) is 40.1 Å². The summed E-state index contributed by atoms with van der Waals surface area (Å²) in [5, 5.41) is 17.8. The number of phenolic OH excluding ortho intramolecular Hbond substituents is 1. The Bertz CT molecular complexity index is 863. The molecule has 0 bridgehead atoms. The summed E-state index contributed by atoms with van der Waals surface area (Å²) in [4.78, 5) is 4.39. The molecule has 2 heterocycles. The largest absolute Gasteiger partial charge is 0.506 e. The number of nitrogens with zero attached hydrogens (tertiary/aromatic N) is 3. The first-order valence-electron chi connectivity index (χ1n) is 6.71. The molecule has 5 nitrogen and oxygen atoms in total. The summed E-state index contributed by atoms with van der Waals surface area (Å²) in [6.45, 7) is 3.85. The van der Waals surface area contributed by atoms with Crippen molar-refractivity contribution in [1.82, 2.24) is 9.99 Å². The zero-order chi connectivity index (χ0) is 15.1. The molecule has 0 amide bonds. The van der Waals surface area contributed by atoms with Crippen LogP contribution in [-0.2, 0) is 0 Å². The van der Waals surface area contributed by atoms with Crippen LogP contribution in [0.15, 0.2) is 27.7 Å². The first kappa shape index (κ1) is 13.4. The van der Waals surface area contributed by atoms with Gasteiger partial charge in [0.1, 0.15) is 16.8 Å². The van der Waals surface area contributed by atoms with Gasteiger partial charge in [-0.05, 0) is 32.0 Å². The van der Waals surface area contributed by atoms with Crippen molar-refractivity contribution in [2.75, 3.05) is 14.1 Å². The van der Waals surface area contributed by atoms with Gasteiger partial charge in [0.15, 0.2) is 5.76 Å². The fraction of sp³-hybridized carbons (Fsp3) is 0.250. The van der Waals surface area contributed by atoms with Crippen LogP contribution in [0.1, 0.15) is 17.0 Å². The van der Waals surface area contributed by atoms with Crippen molar-refractivity contribution >= 4 is 28.1 Å². The predicted octanol–water partition coefficient (Wildman–Crippen LogP) is 3.20. The highest BCUT2D eigenvalue weighted by atomic mass is 16.3. The van der Waals surface area contributed by atoms with Crippen molar-refractivity contribution in [1.29, 1.82) is 0 Å². The fourth-order valence-corrected chi connectivity index (χ4v) is 2.35. The molecule has 0 fully saturated rings. The third kappa shape index (κ3) is 2.20. The Morgan fingerprint density at radius 2 is 2.00 bits per heavy atom. The molecule has 0 saturated heterocycles. The summed E-state index contributed by atoms with van der Waals surface area (Å²) in [6.07, 6.45) is 1.68. The van der Waals surface area contributed by atoms with Crippen LogP contribution in [0.5, 0.6) is 5.75 Å². The molecule has 0 unspecified atom stereocenters. The van der Waals surface area contributed by atoms with Gasteiger partial charge in [0.2, 0.25) is 0 Å². The smallest absolute Gasteiger partial charge is 0.151 e. The van der Waals surface area contributed by atoms with Crippen molar-refractivity contribution < 1.29 is 9.52 Å². The van der Waals surface area contributed by atoms with Gasteiger partial charge in [-0.15, -0.1) is 0 Å². The van der Waals surface area contributed by atoms with Gasteiger partial charge in [-0.25, -0.2) is 4.98 Å². The highest BCUT2D eigenvalue weighted by Gasteiger charge is 2.15. The lowest BCUT2D eigenvalue weighted by atomic mass is 10.1. The summed E-state index contributed by atoms with van der Waals surface area (Å²) in [7, 11) is 3.70. The molecule has 0 radical (unpaired) electrons. The number of phenols is 1. The van der Waals surface area contributed by atoms with E-state index in [1.54, 1.807) is 17.3 Å².